The number of benzene rings is 1. The molecule has 1 aliphatic heterocycles. The van der Waals surface area contributed by atoms with Gasteiger partial charge >= 0.3 is 7.12 Å². The standard InChI is InChI=1S/C8H9BBrNO3/c10-4-1-2-5(12)8-7(4)6(3-11)14-9(8)13/h1-2,6,12-13H,3,11H2/t6-/m1/s1. The first-order valence-corrected chi connectivity index (χ1v) is 4.99. The third kappa shape index (κ3) is 1.35. The van der Waals surface area contributed by atoms with Crippen molar-refractivity contribution in [2.24, 2.45) is 5.73 Å². The Morgan fingerprint density at radius 1 is 1.57 bits per heavy atom. The highest BCUT2D eigenvalue weighted by molar-refractivity contribution is 9.10. The van der Waals surface area contributed by atoms with Gasteiger partial charge in [-0.15, -0.1) is 0 Å². The maximum absolute atomic E-state index is 9.54. The summed E-state index contributed by atoms with van der Waals surface area (Å²) in [6.07, 6.45) is -0.360. The third-order valence-corrected chi connectivity index (χ3v) is 2.98. The van der Waals surface area contributed by atoms with Crippen molar-refractivity contribution in [2.45, 2.75) is 6.10 Å². The van der Waals surface area contributed by atoms with E-state index in [9.17, 15) is 10.1 Å². The summed E-state index contributed by atoms with van der Waals surface area (Å²) < 4.78 is 5.97. The molecule has 0 saturated carbocycles. The molecule has 0 bridgehead atoms. The van der Waals surface area contributed by atoms with E-state index in [0.717, 1.165) is 10.0 Å². The van der Waals surface area contributed by atoms with Gasteiger partial charge in [0.05, 0.1) is 6.10 Å². The molecule has 0 amide bonds. The second kappa shape index (κ2) is 3.54. The minimum absolute atomic E-state index is 0.0339. The van der Waals surface area contributed by atoms with Crippen molar-refractivity contribution in [2.75, 3.05) is 6.54 Å². The fourth-order valence-electron chi connectivity index (χ4n) is 1.65. The number of phenolic OH excluding ortho intramolecular Hbond substituents is 1. The van der Waals surface area contributed by atoms with Gasteiger partial charge in [0.15, 0.2) is 0 Å². The van der Waals surface area contributed by atoms with Crippen molar-refractivity contribution in [1.29, 1.82) is 0 Å². The van der Waals surface area contributed by atoms with Gasteiger partial charge in [-0.05, 0) is 17.7 Å². The lowest BCUT2D eigenvalue weighted by atomic mass is 9.78. The fourth-order valence-corrected chi connectivity index (χ4v) is 2.25. The molecule has 4 nitrogen and oxygen atoms in total. The van der Waals surface area contributed by atoms with Crippen LogP contribution in [0.5, 0.6) is 5.75 Å². The lowest BCUT2D eigenvalue weighted by Crippen LogP contribution is -2.28. The van der Waals surface area contributed by atoms with Crippen LogP contribution in [0.3, 0.4) is 0 Å². The summed E-state index contributed by atoms with van der Waals surface area (Å²) in [6.45, 7) is 0.270. The van der Waals surface area contributed by atoms with Crippen molar-refractivity contribution >= 4 is 28.5 Å². The zero-order chi connectivity index (χ0) is 10.3. The highest BCUT2D eigenvalue weighted by atomic mass is 79.9. The van der Waals surface area contributed by atoms with Crippen LogP contribution in [0.4, 0.5) is 0 Å². The smallest absolute Gasteiger partial charge is 0.495 e. The average Bonchev–Trinajstić information content (AvgIpc) is 2.50. The summed E-state index contributed by atoms with van der Waals surface area (Å²) >= 11 is 3.33. The van der Waals surface area contributed by atoms with Gasteiger partial charge in [0.2, 0.25) is 0 Å². The van der Waals surface area contributed by atoms with E-state index in [1.807, 2.05) is 0 Å². The van der Waals surface area contributed by atoms with E-state index in [1.54, 1.807) is 6.07 Å². The molecular weight excluding hydrogens is 249 g/mol. The van der Waals surface area contributed by atoms with E-state index in [1.165, 1.54) is 6.07 Å². The molecule has 0 aromatic heterocycles. The molecule has 4 N–H and O–H groups in total. The molecule has 0 saturated heterocycles. The zero-order valence-electron chi connectivity index (χ0n) is 7.27. The maximum Gasteiger partial charge on any atom is 0.495 e. The molecule has 2 rings (SSSR count). The van der Waals surface area contributed by atoms with Gasteiger partial charge in [-0.25, -0.2) is 0 Å². The number of hydrogen-bond acceptors (Lipinski definition) is 4. The zero-order valence-corrected chi connectivity index (χ0v) is 8.86. The highest BCUT2D eigenvalue weighted by Gasteiger charge is 2.38. The van der Waals surface area contributed by atoms with Gasteiger partial charge < -0.3 is 20.5 Å². The summed E-state index contributed by atoms with van der Waals surface area (Å²) in [5.74, 6) is 0.0339. The predicted octanol–water partition coefficient (Wildman–Crippen LogP) is -0.128. The van der Waals surface area contributed by atoms with E-state index < -0.39 is 7.12 Å². The minimum atomic E-state index is -1.09. The molecular formula is C8H9BBrNO3. The number of halogens is 1. The van der Waals surface area contributed by atoms with Crippen LogP contribution >= 0.6 is 15.9 Å². The van der Waals surface area contributed by atoms with Gasteiger partial charge in [-0.1, -0.05) is 15.9 Å². The molecule has 1 aliphatic rings. The van der Waals surface area contributed by atoms with Crippen molar-refractivity contribution < 1.29 is 14.8 Å². The second-order valence-corrected chi connectivity index (χ2v) is 3.96. The summed E-state index contributed by atoms with van der Waals surface area (Å²) in [5, 5.41) is 19.1. The molecule has 0 aliphatic carbocycles. The maximum atomic E-state index is 9.54. The number of phenols is 1. The molecule has 1 heterocycles. The van der Waals surface area contributed by atoms with E-state index in [-0.39, 0.29) is 18.4 Å². The predicted molar refractivity (Wildman–Crippen MR) is 56.3 cm³/mol. The number of rotatable bonds is 1. The number of aromatic hydroxyl groups is 1. The first-order valence-electron chi connectivity index (χ1n) is 4.20. The normalized spacial score (nSPS) is 19.9. The molecule has 0 spiro atoms. The molecule has 0 unspecified atom stereocenters. The van der Waals surface area contributed by atoms with Crippen LogP contribution in [0.2, 0.25) is 0 Å². The lowest BCUT2D eigenvalue weighted by Gasteiger charge is -2.10. The van der Waals surface area contributed by atoms with Crippen molar-refractivity contribution in [1.82, 2.24) is 0 Å². The van der Waals surface area contributed by atoms with Crippen molar-refractivity contribution in [3.05, 3.63) is 22.2 Å². The number of fused-ring (bicyclic) bond motifs is 1. The molecule has 6 heteroatoms. The van der Waals surface area contributed by atoms with E-state index in [0.29, 0.717) is 5.46 Å². The van der Waals surface area contributed by atoms with E-state index in [2.05, 4.69) is 15.9 Å². The van der Waals surface area contributed by atoms with Crippen LogP contribution in [0.25, 0.3) is 0 Å². The Kier molecular flexibility index (Phi) is 2.53. The van der Waals surface area contributed by atoms with Crippen LogP contribution in [0, 0.1) is 0 Å². The van der Waals surface area contributed by atoms with Crippen LogP contribution < -0.4 is 11.2 Å². The van der Waals surface area contributed by atoms with Crippen LogP contribution in [-0.4, -0.2) is 23.8 Å². The molecule has 14 heavy (non-hydrogen) atoms. The molecule has 0 radical (unpaired) electrons. The molecule has 1 aromatic rings. The Morgan fingerprint density at radius 2 is 2.29 bits per heavy atom. The largest absolute Gasteiger partial charge is 0.508 e. The Hall–Kier alpha value is -0.555. The van der Waals surface area contributed by atoms with Crippen LogP contribution in [-0.2, 0) is 4.65 Å². The first-order chi connectivity index (χ1) is 6.65. The lowest BCUT2D eigenvalue weighted by molar-refractivity contribution is 0.197. The molecule has 1 aromatic carbocycles. The molecule has 0 fully saturated rings. The topological polar surface area (TPSA) is 75.7 Å². The van der Waals surface area contributed by atoms with Crippen LogP contribution in [0.15, 0.2) is 16.6 Å². The summed E-state index contributed by atoms with van der Waals surface area (Å²) in [6, 6.07) is 3.21. The van der Waals surface area contributed by atoms with Gasteiger partial charge in [0, 0.05) is 16.5 Å². The Morgan fingerprint density at radius 3 is 2.93 bits per heavy atom. The quantitative estimate of drug-likeness (QED) is 0.613. The van der Waals surface area contributed by atoms with Crippen LogP contribution in [0.1, 0.15) is 11.7 Å². The Balaban J connectivity index is 2.60. The first kappa shape index (κ1) is 9.98. The average molecular weight is 258 g/mol. The highest BCUT2D eigenvalue weighted by Crippen LogP contribution is 2.32. The molecule has 74 valence electrons. The van der Waals surface area contributed by atoms with Crippen molar-refractivity contribution in [3.8, 4) is 5.75 Å². The van der Waals surface area contributed by atoms with Gasteiger partial charge in [0.1, 0.15) is 5.75 Å². The Labute approximate surface area is 90.0 Å². The summed E-state index contributed by atoms with van der Waals surface area (Å²) in [5.41, 5.74) is 6.64. The second-order valence-electron chi connectivity index (χ2n) is 3.11. The van der Waals surface area contributed by atoms with Gasteiger partial charge in [-0.3, -0.25) is 0 Å². The van der Waals surface area contributed by atoms with Gasteiger partial charge in [-0.2, -0.15) is 0 Å². The monoisotopic (exact) mass is 257 g/mol. The SMILES string of the molecule is NC[C@H]1OB(O)c2c(O)ccc(Br)c21. The Bertz CT molecular complexity index is 374. The van der Waals surface area contributed by atoms with Crippen molar-refractivity contribution in [3.63, 3.8) is 0 Å². The van der Waals surface area contributed by atoms with Gasteiger partial charge in [0.25, 0.3) is 0 Å². The minimum Gasteiger partial charge on any atom is -0.508 e. The summed E-state index contributed by atoms with van der Waals surface area (Å²) in [4.78, 5) is 0. The fraction of sp³-hybridized carbons (Fsp3) is 0.250. The number of nitrogens with two attached hydrogens (primary N) is 1. The van der Waals surface area contributed by atoms with E-state index >= 15 is 0 Å². The number of hydrogen-bond donors (Lipinski definition) is 3. The van der Waals surface area contributed by atoms with E-state index in [4.69, 9.17) is 10.4 Å². The summed E-state index contributed by atoms with van der Waals surface area (Å²) in [7, 11) is -1.09. The third-order valence-electron chi connectivity index (χ3n) is 2.29. The molecule has 1 atom stereocenters.